The van der Waals surface area contributed by atoms with Gasteiger partial charge in [0, 0.05) is 17.4 Å². The molecule has 1 aromatic heterocycles. The Labute approximate surface area is 257 Å². The Morgan fingerprint density at radius 1 is 1.00 bits per heavy atom. The predicted molar refractivity (Wildman–Crippen MR) is 168 cm³/mol. The molecule has 4 aromatic rings. The minimum atomic E-state index is -1.09. The normalized spacial score (nSPS) is 10.9. The van der Waals surface area contributed by atoms with Crippen LogP contribution < -0.4 is 20.1 Å². The van der Waals surface area contributed by atoms with Crippen LogP contribution in [0.5, 0.6) is 11.5 Å². The number of nitrogens with two attached hydrogens (primary N) is 1. The maximum atomic E-state index is 14.0. The number of urea groups is 1. The van der Waals surface area contributed by atoms with Crippen molar-refractivity contribution in [1.82, 2.24) is 0 Å². The summed E-state index contributed by atoms with van der Waals surface area (Å²) < 4.78 is 18.0. The molecule has 0 saturated heterocycles. The fourth-order valence-corrected chi connectivity index (χ4v) is 6.36. The number of nitrogens with zero attached hydrogens (tertiary/aromatic N) is 1. The minimum absolute atomic E-state index is 0.252. The molecule has 0 spiro atoms. The Hall–Kier alpha value is -3.33. The second-order valence-corrected chi connectivity index (χ2v) is 11.2. The van der Waals surface area contributed by atoms with Crippen LogP contribution in [0.3, 0.4) is 0 Å². The smallest absolute Gasteiger partial charge is 0.341 e. The largest absolute Gasteiger partial charge is 0.497 e. The van der Waals surface area contributed by atoms with E-state index in [-0.39, 0.29) is 5.78 Å². The molecule has 1 heterocycles. The van der Waals surface area contributed by atoms with E-state index in [0.29, 0.717) is 64.3 Å². The van der Waals surface area contributed by atoms with Gasteiger partial charge in [-0.25, -0.2) is 9.59 Å². The van der Waals surface area contributed by atoms with E-state index in [1.54, 1.807) is 61.7 Å². The summed E-state index contributed by atoms with van der Waals surface area (Å²) in [6, 6.07) is 14.7. The molecule has 4 rings (SSSR count). The average Bonchev–Trinajstić information content (AvgIpc) is 3.28. The summed E-state index contributed by atoms with van der Waals surface area (Å²) in [4.78, 5) is 38.9. The molecule has 0 aliphatic rings. The number of carbonyl (C=O) groups is 3. The van der Waals surface area contributed by atoms with Gasteiger partial charge in [-0.05, 0) is 106 Å². The number of hydrogen-bond acceptors (Lipinski definition) is 6. The van der Waals surface area contributed by atoms with Crippen molar-refractivity contribution in [3.63, 3.8) is 0 Å². The highest BCUT2D eigenvalue weighted by molar-refractivity contribution is 14.1. The number of ketones is 1. The number of carboxylic acids is 1. The number of carboxylic acid groups (broad SMARTS) is 1. The second-order valence-electron chi connectivity index (χ2n) is 8.84. The molecular weight excluding hydrogens is 742 g/mol. The van der Waals surface area contributed by atoms with Crippen LogP contribution in [0.15, 0.2) is 59.0 Å². The number of methoxy groups -OCH3 is 1. The third-order valence-corrected chi connectivity index (χ3v) is 7.74. The first-order valence-electron chi connectivity index (χ1n) is 12.3. The highest BCUT2D eigenvalue weighted by Gasteiger charge is 2.25. The Bertz CT molecular complexity index is 1560. The van der Waals surface area contributed by atoms with Crippen LogP contribution in [-0.2, 0) is 11.2 Å². The van der Waals surface area contributed by atoms with E-state index in [0.717, 1.165) is 12.8 Å². The van der Waals surface area contributed by atoms with Crippen molar-refractivity contribution in [3.05, 3.63) is 78.6 Å². The molecule has 0 unspecified atom stereocenters. The van der Waals surface area contributed by atoms with Crippen LogP contribution in [0.25, 0.3) is 11.0 Å². The first-order valence-corrected chi connectivity index (χ1v) is 14.5. The number of halogens is 2. The van der Waals surface area contributed by atoms with E-state index < -0.39 is 18.6 Å². The molecular formula is C29H26I2N2O7. The molecule has 0 fully saturated rings. The lowest BCUT2D eigenvalue weighted by molar-refractivity contribution is -0.139. The molecule has 9 nitrogen and oxygen atoms in total. The summed E-state index contributed by atoms with van der Waals surface area (Å²) in [6.07, 6.45) is 2.30. The van der Waals surface area contributed by atoms with E-state index in [1.165, 1.54) is 4.90 Å². The average molecular weight is 768 g/mol. The van der Waals surface area contributed by atoms with E-state index in [2.05, 4.69) is 6.92 Å². The summed E-state index contributed by atoms with van der Waals surface area (Å²) in [5, 5.41) is 9.55. The van der Waals surface area contributed by atoms with Gasteiger partial charge < -0.3 is 24.7 Å². The molecule has 2 amide bonds. The standard InChI is InChI=1S/C29H26I2N2O7/c1-3-4-5-24-26(27(36)16-12-21(30)28(22(31)13-16)39-15-25(34)35)20-14-18(8-11-23(20)40-24)33(29(32)37)17-6-9-19(38-2)10-7-17/h6-14H,3-5,15H2,1-2H3,(H2,32,37)(H,34,35). The number of aryl methyl sites for hydroxylation is 1. The van der Waals surface area contributed by atoms with E-state index in [9.17, 15) is 14.4 Å². The van der Waals surface area contributed by atoms with Crippen LogP contribution >= 0.6 is 45.2 Å². The fourth-order valence-electron chi connectivity index (χ4n) is 4.28. The SMILES string of the molecule is CCCCc1oc2ccc(N(C(N)=O)c3ccc(OC)cc3)cc2c1C(=O)c1cc(I)c(OCC(=O)O)c(I)c1. The number of fused-ring (bicyclic) bond motifs is 1. The molecule has 11 heteroatoms. The highest BCUT2D eigenvalue weighted by atomic mass is 127. The first kappa shape index (κ1) is 29.6. The Kier molecular flexibility index (Phi) is 9.56. The number of unbranched alkanes of at least 4 members (excludes halogenated alkanes) is 1. The Morgan fingerprint density at radius 3 is 2.23 bits per heavy atom. The van der Waals surface area contributed by atoms with Crippen LogP contribution in [0, 0.1) is 7.14 Å². The summed E-state index contributed by atoms with van der Waals surface area (Å²) in [5.74, 6) is 0.258. The van der Waals surface area contributed by atoms with Crippen molar-refractivity contribution in [3.8, 4) is 11.5 Å². The zero-order valence-corrected chi connectivity index (χ0v) is 26.0. The number of hydrogen-bond donors (Lipinski definition) is 2. The van der Waals surface area contributed by atoms with Crippen LogP contribution in [0.4, 0.5) is 16.2 Å². The summed E-state index contributed by atoms with van der Waals surface area (Å²) >= 11 is 4.05. The second kappa shape index (κ2) is 12.9. The van der Waals surface area contributed by atoms with Gasteiger partial charge in [0.2, 0.25) is 0 Å². The number of benzene rings is 3. The zero-order valence-electron chi connectivity index (χ0n) is 21.7. The van der Waals surface area contributed by atoms with Gasteiger partial charge in [0.1, 0.15) is 22.8 Å². The number of amides is 2. The quantitative estimate of drug-likeness (QED) is 0.125. The predicted octanol–water partition coefficient (Wildman–Crippen LogP) is 6.90. The minimum Gasteiger partial charge on any atom is -0.497 e. The molecule has 0 aliphatic carbocycles. The lowest BCUT2D eigenvalue weighted by Gasteiger charge is -2.21. The number of aliphatic carboxylic acids is 1. The number of ether oxygens (including phenoxy) is 2. The van der Waals surface area contributed by atoms with Gasteiger partial charge in [-0.3, -0.25) is 9.69 Å². The Balaban J connectivity index is 1.83. The van der Waals surface area contributed by atoms with E-state index in [4.69, 9.17) is 24.7 Å². The summed E-state index contributed by atoms with van der Waals surface area (Å²) in [7, 11) is 1.56. The molecule has 3 aromatic carbocycles. The maximum absolute atomic E-state index is 14.0. The van der Waals surface area contributed by atoms with Gasteiger partial charge in [0.15, 0.2) is 12.4 Å². The van der Waals surface area contributed by atoms with Crippen LogP contribution in [-0.4, -0.2) is 36.6 Å². The fraction of sp³-hybridized carbons (Fsp3) is 0.207. The molecule has 0 saturated carbocycles. The zero-order chi connectivity index (χ0) is 29.0. The molecule has 40 heavy (non-hydrogen) atoms. The Morgan fingerprint density at radius 2 is 1.65 bits per heavy atom. The maximum Gasteiger partial charge on any atom is 0.341 e. The lowest BCUT2D eigenvalue weighted by Crippen LogP contribution is -2.31. The number of carbonyl (C=O) groups excluding carboxylic acids is 2. The van der Waals surface area contributed by atoms with Gasteiger partial charge in [0.05, 0.1) is 31.2 Å². The van der Waals surface area contributed by atoms with Crippen molar-refractivity contribution in [2.24, 2.45) is 5.73 Å². The third kappa shape index (κ3) is 6.35. The number of rotatable bonds is 11. The van der Waals surface area contributed by atoms with E-state index in [1.807, 2.05) is 45.2 Å². The summed E-state index contributed by atoms with van der Waals surface area (Å²) in [5.41, 5.74) is 8.13. The van der Waals surface area contributed by atoms with Crippen LogP contribution in [0.2, 0.25) is 0 Å². The van der Waals surface area contributed by atoms with Crippen molar-refractivity contribution in [2.45, 2.75) is 26.2 Å². The van der Waals surface area contributed by atoms with Gasteiger partial charge >= 0.3 is 12.0 Å². The van der Waals surface area contributed by atoms with Crippen molar-refractivity contribution < 1.29 is 33.4 Å². The van der Waals surface area contributed by atoms with Gasteiger partial charge in [-0.15, -0.1) is 0 Å². The van der Waals surface area contributed by atoms with Gasteiger partial charge in [-0.2, -0.15) is 0 Å². The third-order valence-electron chi connectivity index (χ3n) is 6.14. The van der Waals surface area contributed by atoms with Crippen molar-refractivity contribution in [2.75, 3.05) is 18.6 Å². The number of furan rings is 1. The molecule has 0 atom stereocenters. The molecule has 3 N–H and O–H groups in total. The highest BCUT2D eigenvalue weighted by Crippen LogP contribution is 2.36. The van der Waals surface area contributed by atoms with E-state index >= 15 is 0 Å². The van der Waals surface area contributed by atoms with Crippen LogP contribution in [0.1, 0.15) is 41.4 Å². The lowest BCUT2D eigenvalue weighted by atomic mass is 9.98. The van der Waals surface area contributed by atoms with Crippen molar-refractivity contribution >= 4 is 85.3 Å². The van der Waals surface area contributed by atoms with Gasteiger partial charge in [-0.1, -0.05) is 13.3 Å². The number of primary amides is 1. The molecule has 208 valence electrons. The first-order chi connectivity index (χ1) is 19.1. The van der Waals surface area contributed by atoms with Crippen molar-refractivity contribution in [1.29, 1.82) is 0 Å². The topological polar surface area (TPSA) is 132 Å². The van der Waals surface area contributed by atoms with Gasteiger partial charge in [0.25, 0.3) is 0 Å². The summed E-state index contributed by atoms with van der Waals surface area (Å²) in [6.45, 7) is 1.57. The monoisotopic (exact) mass is 768 g/mol. The molecule has 0 radical (unpaired) electrons. The molecule has 0 bridgehead atoms. The molecule has 0 aliphatic heterocycles. The number of anilines is 2.